The minimum absolute atomic E-state index is 0.530. The molecule has 0 unspecified atom stereocenters. The largest absolute Gasteiger partial charge is 0.365 e. The van der Waals surface area contributed by atoms with Crippen molar-refractivity contribution in [3.63, 3.8) is 0 Å². The molecule has 0 aliphatic heterocycles. The fourth-order valence-electron chi connectivity index (χ4n) is 0.665. The van der Waals surface area contributed by atoms with Gasteiger partial charge in [-0.15, -0.1) is 10.7 Å². The summed E-state index contributed by atoms with van der Waals surface area (Å²) in [5.41, 5.74) is 2.22. The molecule has 1 N–H and O–H groups in total. The second-order valence-electron chi connectivity index (χ2n) is 2.04. The molecule has 0 aliphatic rings. The Morgan fingerprint density at radius 3 is 3.15 bits per heavy atom. The molecule has 1 aromatic carbocycles. The first-order chi connectivity index (χ1) is 6.33. The Balaban J connectivity index is 2.46. The highest BCUT2D eigenvalue weighted by Gasteiger charge is 1.92. The Morgan fingerprint density at radius 2 is 2.46 bits per heavy atom. The summed E-state index contributed by atoms with van der Waals surface area (Å²) in [5, 5.41) is 12.1. The summed E-state index contributed by atoms with van der Waals surface area (Å²) in [6.45, 7) is 0. The van der Waals surface area contributed by atoms with E-state index in [-0.39, 0.29) is 0 Å². The molecule has 0 heterocycles. The number of rotatable bonds is 3. The van der Waals surface area contributed by atoms with Crippen LogP contribution in [0.15, 0.2) is 29.4 Å². The summed E-state index contributed by atoms with van der Waals surface area (Å²) in [6, 6.07) is 8.51. The number of halogens is 1. The van der Waals surface area contributed by atoms with Gasteiger partial charge in [-0.25, -0.2) is 0 Å². The summed E-state index contributed by atoms with van der Waals surface area (Å²) in [6.07, 6.45) is 1.02. The van der Waals surface area contributed by atoms with E-state index in [2.05, 4.69) is 10.7 Å². The van der Waals surface area contributed by atoms with Gasteiger partial charge in [0.05, 0.1) is 0 Å². The zero-order valence-corrected chi connectivity index (χ0v) is 7.32. The Hall–Kier alpha value is -1.73. The lowest BCUT2D eigenvalue weighted by atomic mass is 10.3. The molecular weight excluding hydrogens is 190 g/mol. The highest BCUT2D eigenvalue weighted by atomic mass is 35.5. The third-order valence-corrected chi connectivity index (χ3v) is 1.37. The van der Waals surface area contributed by atoms with Crippen LogP contribution in [-0.4, -0.2) is 6.21 Å². The minimum atomic E-state index is 0.530. The zero-order valence-electron chi connectivity index (χ0n) is 6.57. The lowest BCUT2D eigenvalue weighted by molar-refractivity contribution is 0.202. The fourth-order valence-corrected chi connectivity index (χ4v) is 0.845. The molecule has 0 radical (unpaired) electrons. The van der Waals surface area contributed by atoms with E-state index in [1.54, 1.807) is 30.3 Å². The summed E-state index contributed by atoms with van der Waals surface area (Å²) in [5.74, 6) is 0.530. The van der Waals surface area contributed by atoms with Crippen molar-refractivity contribution in [3.05, 3.63) is 29.3 Å². The lowest BCUT2D eigenvalue weighted by Crippen LogP contribution is -2.10. The fraction of sp³-hybridized carbons (Fsp3) is 0. The molecule has 0 aliphatic carbocycles. The molecule has 4 nitrogen and oxygen atoms in total. The summed E-state index contributed by atoms with van der Waals surface area (Å²) in [4.78, 5) is 4.91. The van der Waals surface area contributed by atoms with Crippen molar-refractivity contribution in [1.82, 2.24) is 5.59 Å². The summed E-state index contributed by atoms with van der Waals surface area (Å²) in [7, 11) is 0. The Bertz CT molecular complexity index is 345. The van der Waals surface area contributed by atoms with Gasteiger partial charge in [0.15, 0.2) is 5.75 Å². The molecular formula is C8H6ClN3O. The van der Waals surface area contributed by atoms with E-state index in [1.807, 2.05) is 0 Å². The smallest absolute Gasteiger partial charge is 0.158 e. The van der Waals surface area contributed by atoms with Gasteiger partial charge in [0.2, 0.25) is 0 Å². The topological polar surface area (TPSA) is 57.4 Å². The van der Waals surface area contributed by atoms with Crippen LogP contribution in [0, 0.1) is 11.3 Å². The van der Waals surface area contributed by atoms with Crippen LogP contribution in [0.25, 0.3) is 0 Å². The summed E-state index contributed by atoms with van der Waals surface area (Å²) < 4.78 is 0. The number of hydrogen-bond donors (Lipinski definition) is 1. The first kappa shape index (κ1) is 9.36. The predicted molar refractivity (Wildman–Crippen MR) is 49.3 cm³/mol. The van der Waals surface area contributed by atoms with Gasteiger partial charge >= 0.3 is 0 Å². The molecule has 13 heavy (non-hydrogen) atoms. The van der Waals surface area contributed by atoms with Crippen molar-refractivity contribution in [2.75, 3.05) is 0 Å². The molecule has 0 saturated carbocycles. The van der Waals surface area contributed by atoms with E-state index in [0.29, 0.717) is 10.8 Å². The van der Waals surface area contributed by atoms with Gasteiger partial charge in [0, 0.05) is 11.1 Å². The molecule has 0 amide bonds. The van der Waals surface area contributed by atoms with Crippen LogP contribution >= 0.6 is 11.6 Å². The number of hydrazone groups is 1. The van der Waals surface area contributed by atoms with Crippen molar-refractivity contribution in [2.24, 2.45) is 5.10 Å². The van der Waals surface area contributed by atoms with E-state index < -0.39 is 0 Å². The normalized spacial score (nSPS) is 9.54. The maximum Gasteiger partial charge on any atom is 0.158 e. The van der Waals surface area contributed by atoms with Crippen molar-refractivity contribution in [2.45, 2.75) is 0 Å². The van der Waals surface area contributed by atoms with Gasteiger partial charge in [-0.1, -0.05) is 17.7 Å². The van der Waals surface area contributed by atoms with Crippen molar-refractivity contribution < 1.29 is 4.84 Å². The maximum absolute atomic E-state index is 8.09. The third kappa shape index (κ3) is 3.45. The molecule has 1 aromatic rings. The highest BCUT2D eigenvalue weighted by Crippen LogP contribution is 2.15. The van der Waals surface area contributed by atoms with Crippen LogP contribution in [0.2, 0.25) is 5.02 Å². The average Bonchev–Trinajstić information content (AvgIpc) is 2.13. The van der Waals surface area contributed by atoms with Gasteiger partial charge in [-0.3, -0.25) is 0 Å². The van der Waals surface area contributed by atoms with Gasteiger partial charge in [-0.05, 0) is 12.1 Å². The summed E-state index contributed by atoms with van der Waals surface area (Å²) >= 11 is 5.69. The SMILES string of the molecule is N#CC=NNOc1cccc(Cl)c1. The maximum atomic E-state index is 8.09. The lowest BCUT2D eigenvalue weighted by Gasteiger charge is -2.01. The van der Waals surface area contributed by atoms with Gasteiger partial charge in [0.1, 0.15) is 12.3 Å². The van der Waals surface area contributed by atoms with Gasteiger partial charge in [-0.2, -0.15) is 5.26 Å². The van der Waals surface area contributed by atoms with E-state index in [1.165, 1.54) is 0 Å². The quantitative estimate of drug-likeness (QED) is 0.590. The zero-order chi connectivity index (χ0) is 9.52. The van der Waals surface area contributed by atoms with Crippen molar-refractivity contribution >= 4 is 17.8 Å². The molecule has 0 spiro atoms. The van der Waals surface area contributed by atoms with Crippen LogP contribution in [0.4, 0.5) is 0 Å². The average molecular weight is 196 g/mol. The number of nitrogens with zero attached hydrogens (tertiary/aromatic N) is 2. The molecule has 0 saturated heterocycles. The van der Waals surface area contributed by atoms with Crippen LogP contribution < -0.4 is 10.4 Å². The molecule has 0 fully saturated rings. The second-order valence-corrected chi connectivity index (χ2v) is 2.47. The number of nitrogens with one attached hydrogen (secondary N) is 1. The van der Waals surface area contributed by atoms with Crippen molar-refractivity contribution in [3.8, 4) is 11.8 Å². The Morgan fingerprint density at radius 1 is 1.62 bits per heavy atom. The molecule has 66 valence electrons. The predicted octanol–water partition coefficient (Wildman–Crippen LogP) is 1.73. The van der Waals surface area contributed by atoms with Crippen LogP contribution in [0.3, 0.4) is 0 Å². The Labute approximate surface area is 80.3 Å². The van der Waals surface area contributed by atoms with Crippen molar-refractivity contribution in [1.29, 1.82) is 5.26 Å². The first-order valence-corrected chi connectivity index (χ1v) is 3.79. The van der Waals surface area contributed by atoms with Crippen LogP contribution in [-0.2, 0) is 0 Å². The molecule has 5 heteroatoms. The monoisotopic (exact) mass is 195 g/mol. The number of hydrogen-bond acceptors (Lipinski definition) is 4. The second kappa shape index (κ2) is 5.01. The van der Waals surface area contributed by atoms with Crippen LogP contribution in [0.5, 0.6) is 5.75 Å². The number of benzene rings is 1. The molecule has 0 atom stereocenters. The first-order valence-electron chi connectivity index (χ1n) is 3.41. The number of nitriles is 1. The minimum Gasteiger partial charge on any atom is -0.365 e. The third-order valence-electron chi connectivity index (χ3n) is 1.13. The van der Waals surface area contributed by atoms with E-state index >= 15 is 0 Å². The van der Waals surface area contributed by atoms with E-state index in [0.717, 1.165) is 6.21 Å². The van der Waals surface area contributed by atoms with E-state index in [9.17, 15) is 0 Å². The molecule has 0 bridgehead atoms. The van der Waals surface area contributed by atoms with Crippen LogP contribution in [0.1, 0.15) is 0 Å². The van der Waals surface area contributed by atoms with Gasteiger partial charge < -0.3 is 4.84 Å². The van der Waals surface area contributed by atoms with E-state index in [4.69, 9.17) is 21.7 Å². The molecule has 0 aromatic heterocycles. The Kier molecular flexibility index (Phi) is 3.61. The highest BCUT2D eigenvalue weighted by molar-refractivity contribution is 6.30. The standard InChI is InChI=1S/C8H6ClN3O/c9-7-2-1-3-8(6-7)13-12-11-5-4-10/h1-3,5-6,12H. The molecule has 1 rings (SSSR count). The van der Waals surface area contributed by atoms with Gasteiger partial charge in [0.25, 0.3) is 0 Å².